The molecule has 0 fully saturated rings. The zero-order chi connectivity index (χ0) is 25.9. The highest BCUT2D eigenvalue weighted by Crippen LogP contribution is 2.28. The molecule has 8 nitrogen and oxygen atoms in total. The van der Waals surface area contributed by atoms with Crippen molar-refractivity contribution in [3.63, 3.8) is 0 Å². The van der Waals surface area contributed by atoms with Crippen LogP contribution in [0.2, 0.25) is 0 Å². The highest BCUT2D eigenvalue weighted by atomic mass is 79.9. The van der Waals surface area contributed by atoms with Gasteiger partial charge in [0.2, 0.25) is 0 Å². The fourth-order valence-corrected chi connectivity index (χ4v) is 5.46. The number of ether oxygens (including phenoxy) is 2. The number of para-hydroxylation sites is 1. The van der Waals surface area contributed by atoms with Gasteiger partial charge in [-0.15, -0.1) is 0 Å². The number of aromatic nitrogens is 1. The fourth-order valence-electron chi connectivity index (χ4n) is 3.78. The summed E-state index contributed by atoms with van der Waals surface area (Å²) in [7, 11) is -2.86. The fraction of sp³-hybridized carbons (Fsp3) is 0.154. The normalized spacial score (nSPS) is 11.3. The number of hydrogen-bond donors (Lipinski definition) is 0. The predicted octanol–water partition coefficient (Wildman–Crippen LogP) is 5.12. The van der Waals surface area contributed by atoms with E-state index in [1.165, 1.54) is 30.0 Å². The summed E-state index contributed by atoms with van der Waals surface area (Å²) >= 11 is 3.31. The first kappa shape index (κ1) is 25.5. The summed E-state index contributed by atoms with van der Waals surface area (Å²) in [5, 5.41) is 0.529. The Balaban J connectivity index is 1.78. The van der Waals surface area contributed by atoms with Crippen molar-refractivity contribution in [3.8, 4) is 5.75 Å². The molecule has 0 saturated carbocycles. The number of rotatable bonds is 8. The molecule has 4 aromatic rings. The van der Waals surface area contributed by atoms with E-state index in [4.69, 9.17) is 9.47 Å². The third-order valence-corrected chi connectivity index (χ3v) is 7.82. The van der Waals surface area contributed by atoms with Gasteiger partial charge in [-0.05, 0) is 61.5 Å². The standard InChI is InChI=1S/C26H23BrN2O6S/c1-3-35-20-12-10-19(11-13-20)29(36(32,33)21-14-8-18(27)9-15-21)17-25(30)28-16-23(26(31)34-2)22-6-4-5-7-24(22)28/h4-16H,3,17H2,1-2H3. The average molecular weight is 571 g/mol. The molecule has 1 heterocycles. The van der Waals surface area contributed by atoms with E-state index < -0.39 is 28.4 Å². The van der Waals surface area contributed by atoms with Crippen molar-refractivity contribution >= 4 is 54.4 Å². The monoisotopic (exact) mass is 570 g/mol. The lowest BCUT2D eigenvalue weighted by Gasteiger charge is -2.24. The maximum atomic E-state index is 13.7. The van der Waals surface area contributed by atoms with Crippen LogP contribution in [0.25, 0.3) is 10.9 Å². The van der Waals surface area contributed by atoms with Crippen LogP contribution in [-0.4, -0.2) is 45.1 Å². The second-order valence-electron chi connectivity index (χ2n) is 7.71. The van der Waals surface area contributed by atoms with Crippen LogP contribution in [0.3, 0.4) is 0 Å². The van der Waals surface area contributed by atoms with Gasteiger partial charge in [-0.1, -0.05) is 34.1 Å². The van der Waals surface area contributed by atoms with Gasteiger partial charge in [0.15, 0.2) is 0 Å². The molecule has 0 saturated heterocycles. The molecule has 0 bridgehead atoms. The highest BCUT2D eigenvalue weighted by molar-refractivity contribution is 9.10. The third-order valence-electron chi connectivity index (χ3n) is 5.50. The Morgan fingerprint density at radius 3 is 2.28 bits per heavy atom. The molecule has 1 aromatic heterocycles. The van der Waals surface area contributed by atoms with Crippen LogP contribution in [0.4, 0.5) is 5.69 Å². The van der Waals surface area contributed by atoms with Gasteiger partial charge < -0.3 is 9.47 Å². The van der Waals surface area contributed by atoms with Gasteiger partial charge in [-0.2, -0.15) is 0 Å². The number of anilines is 1. The minimum atomic E-state index is -4.12. The maximum Gasteiger partial charge on any atom is 0.340 e. The largest absolute Gasteiger partial charge is 0.494 e. The summed E-state index contributed by atoms with van der Waals surface area (Å²) in [6.07, 6.45) is 1.38. The van der Waals surface area contributed by atoms with E-state index in [1.54, 1.807) is 60.7 Å². The Morgan fingerprint density at radius 2 is 1.64 bits per heavy atom. The van der Waals surface area contributed by atoms with Gasteiger partial charge in [0.05, 0.1) is 35.4 Å². The van der Waals surface area contributed by atoms with Crippen molar-refractivity contribution in [2.45, 2.75) is 11.8 Å². The number of halogens is 1. The van der Waals surface area contributed by atoms with Crippen LogP contribution in [0.15, 0.2) is 88.4 Å². The zero-order valence-electron chi connectivity index (χ0n) is 19.5. The lowest BCUT2D eigenvalue weighted by atomic mass is 10.2. The summed E-state index contributed by atoms with van der Waals surface area (Å²) in [6, 6.07) is 19.5. The first-order chi connectivity index (χ1) is 17.3. The first-order valence-corrected chi connectivity index (χ1v) is 13.2. The van der Waals surface area contributed by atoms with E-state index in [0.29, 0.717) is 28.9 Å². The molecule has 186 valence electrons. The molecule has 3 aromatic carbocycles. The SMILES string of the molecule is CCOc1ccc(N(CC(=O)n2cc(C(=O)OC)c3ccccc32)S(=O)(=O)c2ccc(Br)cc2)cc1. The Bertz CT molecular complexity index is 1510. The molecule has 36 heavy (non-hydrogen) atoms. The van der Waals surface area contributed by atoms with Crippen molar-refractivity contribution in [2.24, 2.45) is 0 Å². The Labute approximate surface area is 217 Å². The van der Waals surface area contributed by atoms with Gasteiger partial charge in [0.25, 0.3) is 15.9 Å². The van der Waals surface area contributed by atoms with E-state index in [-0.39, 0.29) is 10.5 Å². The molecule has 4 rings (SSSR count). The molecule has 0 aliphatic carbocycles. The number of nitrogens with zero attached hydrogens (tertiary/aromatic N) is 2. The van der Waals surface area contributed by atoms with E-state index in [1.807, 2.05) is 6.92 Å². The smallest absolute Gasteiger partial charge is 0.340 e. The van der Waals surface area contributed by atoms with Gasteiger partial charge in [0.1, 0.15) is 12.3 Å². The van der Waals surface area contributed by atoms with E-state index >= 15 is 0 Å². The van der Waals surface area contributed by atoms with Crippen molar-refractivity contribution in [1.82, 2.24) is 4.57 Å². The molecule has 0 spiro atoms. The Morgan fingerprint density at radius 1 is 0.972 bits per heavy atom. The summed E-state index contributed by atoms with van der Waals surface area (Å²) in [5.41, 5.74) is 0.972. The number of methoxy groups -OCH3 is 1. The van der Waals surface area contributed by atoms with Crippen LogP contribution in [0, 0.1) is 0 Å². The summed E-state index contributed by atoms with van der Waals surface area (Å²) in [5.74, 6) is -0.563. The predicted molar refractivity (Wildman–Crippen MR) is 140 cm³/mol. The highest BCUT2D eigenvalue weighted by Gasteiger charge is 2.29. The van der Waals surface area contributed by atoms with Gasteiger partial charge in [-0.3, -0.25) is 13.7 Å². The molecule has 0 N–H and O–H groups in total. The minimum Gasteiger partial charge on any atom is -0.494 e. The van der Waals surface area contributed by atoms with Crippen LogP contribution >= 0.6 is 15.9 Å². The lowest BCUT2D eigenvalue weighted by Crippen LogP contribution is -2.37. The summed E-state index contributed by atoms with van der Waals surface area (Å²) < 4.78 is 40.7. The molecule has 0 unspecified atom stereocenters. The summed E-state index contributed by atoms with van der Waals surface area (Å²) in [4.78, 5) is 25.9. The van der Waals surface area contributed by atoms with Crippen LogP contribution in [0.5, 0.6) is 5.75 Å². The molecule has 0 aliphatic heterocycles. The van der Waals surface area contributed by atoms with E-state index in [0.717, 1.165) is 8.78 Å². The van der Waals surface area contributed by atoms with Crippen molar-refractivity contribution in [3.05, 3.63) is 89.0 Å². The first-order valence-electron chi connectivity index (χ1n) is 11.0. The van der Waals surface area contributed by atoms with Crippen LogP contribution in [-0.2, 0) is 14.8 Å². The Kier molecular flexibility index (Phi) is 7.46. The third kappa shape index (κ3) is 5.00. The second kappa shape index (κ2) is 10.5. The zero-order valence-corrected chi connectivity index (χ0v) is 22.0. The number of esters is 1. The van der Waals surface area contributed by atoms with Crippen molar-refractivity contribution in [2.75, 3.05) is 24.6 Å². The van der Waals surface area contributed by atoms with Crippen molar-refractivity contribution in [1.29, 1.82) is 0 Å². The summed E-state index contributed by atoms with van der Waals surface area (Å²) in [6.45, 7) is 1.80. The molecular formula is C26H23BrN2O6S. The number of sulfonamides is 1. The second-order valence-corrected chi connectivity index (χ2v) is 10.5. The molecule has 0 radical (unpaired) electrons. The van der Waals surface area contributed by atoms with Gasteiger partial charge in [0, 0.05) is 16.1 Å². The van der Waals surface area contributed by atoms with Crippen LogP contribution < -0.4 is 9.04 Å². The molecule has 0 amide bonds. The molecule has 0 atom stereocenters. The van der Waals surface area contributed by atoms with E-state index in [9.17, 15) is 18.0 Å². The average Bonchev–Trinajstić information content (AvgIpc) is 3.27. The minimum absolute atomic E-state index is 0.0278. The topological polar surface area (TPSA) is 94.9 Å². The lowest BCUT2D eigenvalue weighted by molar-refractivity contribution is 0.0603. The maximum absolute atomic E-state index is 13.7. The van der Waals surface area contributed by atoms with Gasteiger partial charge in [-0.25, -0.2) is 13.2 Å². The quantitative estimate of drug-likeness (QED) is 0.273. The number of hydrogen-bond acceptors (Lipinski definition) is 6. The molecular weight excluding hydrogens is 548 g/mol. The number of carbonyl (C=O) groups is 2. The van der Waals surface area contributed by atoms with Crippen LogP contribution in [0.1, 0.15) is 22.1 Å². The van der Waals surface area contributed by atoms with Crippen molar-refractivity contribution < 1.29 is 27.5 Å². The number of carbonyl (C=O) groups excluding carboxylic acids is 2. The van der Waals surface area contributed by atoms with E-state index in [2.05, 4.69) is 15.9 Å². The van der Waals surface area contributed by atoms with Gasteiger partial charge >= 0.3 is 5.97 Å². The Hall–Kier alpha value is -3.63. The molecule has 10 heteroatoms. The molecule has 0 aliphatic rings. The number of benzene rings is 3. The number of fused-ring (bicyclic) bond motifs is 1.